The van der Waals surface area contributed by atoms with E-state index in [9.17, 15) is 4.79 Å². The lowest BCUT2D eigenvalue weighted by molar-refractivity contribution is -0.162. The number of ether oxygens (including phenoxy) is 2. The van der Waals surface area contributed by atoms with Crippen LogP contribution in [0.3, 0.4) is 0 Å². The van der Waals surface area contributed by atoms with Gasteiger partial charge in [0.05, 0.1) is 40.1 Å². The third-order valence-electron chi connectivity index (χ3n) is 6.04. The van der Waals surface area contributed by atoms with Gasteiger partial charge in [0.15, 0.2) is 0 Å². The second kappa shape index (κ2) is 9.51. The SMILES string of the molecule is O=C(CCCc1nc2ccccc2s1)N1CCC2(CC1)CC(OCCO)CCO2. The van der Waals surface area contributed by atoms with Gasteiger partial charge >= 0.3 is 0 Å². The van der Waals surface area contributed by atoms with Gasteiger partial charge < -0.3 is 19.5 Å². The molecule has 3 heterocycles. The summed E-state index contributed by atoms with van der Waals surface area (Å²) in [5.41, 5.74) is 0.893. The Morgan fingerprint density at radius 1 is 1.34 bits per heavy atom. The minimum Gasteiger partial charge on any atom is -0.394 e. The molecule has 1 aromatic carbocycles. The fourth-order valence-electron chi connectivity index (χ4n) is 4.43. The van der Waals surface area contributed by atoms with Crippen molar-refractivity contribution in [1.82, 2.24) is 9.88 Å². The number of aliphatic hydroxyl groups excluding tert-OH is 1. The van der Waals surface area contributed by atoms with Crippen LogP contribution in [0.4, 0.5) is 0 Å². The number of rotatable bonds is 7. The normalized spacial score (nSPS) is 21.7. The molecule has 158 valence electrons. The van der Waals surface area contributed by atoms with Gasteiger partial charge in [-0.3, -0.25) is 4.79 Å². The zero-order valence-corrected chi connectivity index (χ0v) is 17.7. The monoisotopic (exact) mass is 418 g/mol. The first-order chi connectivity index (χ1) is 14.2. The first-order valence-corrected chi connectivity index (χ1v) is 11.5. The highest BCUT2D eigenvalue weighted by Crippen LogP contribution is 2.36. The Hall–Kier alpha value is -1.54. The van der Waals surface area contributed by atoms with Crippen molar-refractivity contribution in [3.8, 4) is 0 Å². The van der Waals surface area contributed by atoms with Gasteiger partial charge in [0.25, 0.3) is 0 Å². The molecule has 0 bridgehead atoms. The number of carbonyl (C=O) groups excluding carboxylic acids is 1. The molecule has 1 aromatic heterocycles. The molecule has 1 N–H and O–H groups in total. The first kappa shape index (κ1) is 20.7. The quantitative estimate of drug-likeness (QED) is 0.748. The summed E-state index contributed by atoms with van der Waals surface area (Å²) in [5, 5.41) is 10.1. The Kier molecular flexibility index (Phi) is 6.80. The van der Waals surface area contributed by atoms with Crippen LogP contribution in [0.1, 0.15) is 43.5 Å². The van der Waals surface area contributed by atoms with E-state index in [-0.39, 0.29) is 24.2 Å². The second-order valence-electron chi connectivity index (χ2n) is 8.05. The molecule has 0 radical (unpaired) electrons. The third kappa shape index (κ3) is 5.15. The van der Waals surface area contributed by atoms with E-state index in [4.69, 9.17) is 14.6 Å². The Labute approximate surface area is 175 Å². The molecule has 1 spiro atoms. The van der Waals surface area contributed by atoms with Crippen LogP contribution in [-0.2, 0) is 20.7 Å². The fraction of sp³-hybridized carbons (Fsp3) is 0.636. The minimum absolute atomic E-state index is 0.0592. The Morgan fingerprint density at radius 3 is 2.97 bits per heavy atom. The number of likely N-dealkylation sites (tertiary alicyclic amines) is 1. The van der Waals surface area contributed by atoms with E-state index >= 15 is 0 Å². The number of thiazole rings is 1. The highest BCUT2D eigenvalue weighted by atomic mass is 32.1. The molecule has 29 heavy (non-hydrogen) atoms. The van der Waals surface area contributed by atoms with E-state index in [0.717, 1.165) is 62.1 Å². The van der Waals surface area contributed by atoms with Crippen molar-refractivity contribution < 1.29 is 19.4 Å². The molecule has 7 heteroatoms. The molecule has 2 fully saturated rings. The first-order valence-electron chi connectivity index (χ1n) is 10.7. The van der Waals surface area contributed by atoms with Crippen molar-refractivity contribution in [2.45, 2.75) is 56.7 Å². The van der Waals surface area contributed by atoms with Crippen molar-refractivity contribution in [3.63, 3.8) is 0 Å². The van der Waals surface area contributed by atoms with E-state index in [1.807, 2.05) is 23.1 Å². The number of hydrogen-bond donors (Lipinski definition) is 1. The van der Waals surface area contributed by atoms with Crippen molar-refractivity contribution in [1.29, 1.82) is 0 Å². The zero-order chi connectivity index (χ0) is 20.1. The average molecular weight is 419 g/mol. The molecular weight excluding hydrogens is 388 g/mol. The van der Waals surface area contributed by atoms with Gasteiger partial charge in [-0.15, -0.1) is 11.3 Å². The molecule has 1 amide bonds. The van der Waals surface area contributed by atoms with Crippen LogP contribution in [-0.4, -0.2) is 65.5 Å². The molecule has 0 saturated carbocycles. The molecule has 2 aromatic rings. The third-order valence-corrected chi connectivity index (χ3v) is 7.14. The number of nitrogens with zero attached hydrogens (tertiary/aromatic N) is 2. The summed E-state index contributed by atoms with van der Waals surface area (Å²) in [6.45, 7) is 2.66. The van der Waals surface area contributed by atoms with Gasteiger partial charge in [0.2, 0.25) is 5.91 Å². The molecule has 0 aliphatic carbocycles. The Morgan fingerprint density at radius 2 is 2.17 bits per heavy atom. The minimum atomic E-state index is -0.157. The number of fused-ring (bicyclic) bond motifs is 1. The largest absolute Gasteiger partial charge is 0.394 e. The van der Waals surface area contributed by atoms with Crippen LogP contribution in [0.25, 0.3) is 10.2 Å². The predicted octanol–water partition coefficient (Wildman–Crippen LogP) is 3.17. The van der Waals surface area contributed by atoms with Crippen LogP contribution in [0, 0.1) is 0 Å². The number of carbonyl (C=O) groups is 1. The van der Waals surface area contributed by atoms with Gasteiger partial charge in [-0.1, -0.05) is 12.1 Å². The van der Waals surface area contributed by atoms with Crippen LogP contribution in [0.5, 0.6) is 0 Å². The molecule has 2 aliphatic heterocycles. The summed E-state index contributed by atoms with van der Waals surface area (Å²) in [4.78, 5) is 19.3. The van der Waals surface area contributed by atoms with E-state index in [0.29, 0.717) is 19.6 Å². The van der Waals surface area contributed by atoms with E-state index in [1.54, 1.807) is 11.3 Å². The highest BCUT2D eigenvalue weighted by Gasteiger charge is 2.41. The number of benzene rings is 1. The van der Waals surface area contributed by atoms with Crippen molar-refractivity contribution in [2.24, 2.45) is 0 Å². The summed E-state index contributed by atoms with van der Waals surface area (Å²) in [6.07, 6.45) is 5.93. The molecule has 1 atom stereocenters. The van der Waals surface area contributed by atoms with Gasteiger partial charge in [-0.2, -0.15) is 0 Å². The van der Waals surface area contributed by atoms with Crippen LogP contribution >= 0.6 is 11.3 Å². The van der Waals surface area contributed by atoms with Gasteiger partial charge in [-0.25, -0.2) is 4.98 Å². The number of aliphatic hydroxyl groups is 1. The Bertz CT molecular complexity index is 783. The van der Waals surface area contributed by atoms with Crippen LogP contribution < -0.4 is 0 Å². The lowest BCUT2D eigenvalue weighted by Gasteiger charge is -2.46. The summed E-state index contributed by atoms with van der Waals surface area (Å²) >= 11 is 1.72. The van der Waals surface area contributed by atoms with Crippen molar-refractivity contribution in [2.75, 3.05) is 32.9 Å². The average Bonchev–Trinajstić information content (AvgIpc) is 3.15. The lowest BCUT2D eigenvalue weighted by atomic mass is 9.83. The second-order valence-corrected chi connectivity index (χ2v) is 9.17. The topological polar surface area (TPSA) is 71.9 Å². The van der Waals surface area contributed by atoms with E-state index in [2.05, 4.69) is 11.1 Å². The van der Waals surface area contributed by atoms with Gasteiger partial charge in [0, 0.05) is 32.5 Å². The van der Waals surface area contributed by atoms with E-state index in [1.165, 1.54) is 4.70 Å². The highest BCUT2D eigenvalue weighted by molar-refractivity contribution is 7.18. The zero-order valence-electron chi connectivity index (χ0n) is 16.8. The number of amides is 1. The van der Waals surface area contributed by atoms with Crippen molar-refractivity contribution in [3.05, 3.63) is 29.3 Å². The number of aromatic nitrogens is 1. The summed E-state index contributed by atoms with van der Waals surface area (Å²) in [6, 6.07) is 8.18. The summed E-state index contributed by atoms with van der Waals surface area (Å²) in [7, 11) is 0. The standard InChI is InChI=1S/C22H30N2O4S/c25-13-15-27-17-8-14-28-22(16-17)9-11-24(12-10-22)21(26)7-3-6-20-23-18-4-1-2-5-19(18)29-20/h1-2,4-5,17,25H,3,6-16H2. The maximum Gasteiger partial charge on any atom is 0.222 e. The van der Waals surface area contributed by atoms with Gasteiger partial charge in [-0.05, 0) is 44.2 Å². The lowest BCUT2D eigenvalue weighted by Crippen LogP contribution is -2.52. The smallest absolute Gasteiger partial charge is 0.222 e. The van der Waals surface area contributed by atoms with Crippen LogP contribution in [0.15, 0.2) is 24.3 Å². The van der Waals surface area contributed by atoms with Crippen LogP contribution in [0.2, 0.25) is 0 Å². The fourth-order valence-corrected chi connectivity index (χ4v) is 5.44. The summed E-state index contributed by atoms with van der Waals surface area (Å²) < 4.78 is 13.1. The van der Waals surface area contributed by atoms with Crippen molar-refractivity contribution >= 4 is 27.5 Å². The summed E-state index contributed by atoms with van der Waals surface area (Å²) in [5.74, 6) is 0.241. The van der Waals surface area contributed by atoms with E-state index < -0.39 is 0 Å². The Balaban J connectivity index is 1.21. The molecule has 2 saturated heterocycles. The maximum atomic E-state index is 12.7. The number of piperidine rings is 1. The molecule has 2 aliphatic rings. The number of hydrogen-bond acceptors (Lipinski definition) is 6. The number of aryl methyl sites for hydroxylation is 1. The molecule has 6 nitrogen and oxygen atoms in total. The molecular formula is C22H30N2O4S. The molecule has 1 unspecified atom stereocenters. The number of para-hydroxylation sites is 1. The van der Waals surface area contributed by atoms with Gasteiger partial charge in [0.1, 0.15) is 0 Å². The maximum absolute atomic E-state index is 12.7. The predicted molar refractivity (Wildman–Crippen MR) is 113 cm³/mol. The molecule has 4 rings (SSSR count).